The molecule has 5 nitrogen and oxygen atoms in total. The lowest BCUT2D eigenvalue weighted by molar-refractivity contribution is -0.132. The van der Waals surface area contributed by atoms with Crippen molar-refractivity contribution < 1.29 is 9.90 Å². The summed E-state index contributed by atoms with van der Waals surface area (Å²) >= 11 is 0. The minimum atomic E-state index is -0.999. The number of carbonyl (C=O) groups excluding carboxylic acids is 1. The second-order valence-corrected chi connectivity index (χ2v) is 7.98. The number of aliphatic hydroxyl groups excluding tert-OH is 1. The van der Waals surface area contributed by atoms with Gasteiger partial charge in [-0.2, -0.15) is 0 Å². The van der Waals surface area contributed by atoms with Crippen LogP contribution in [0.4, 0.5) is 0 Å². The summed E-state index contributed by atoms with van der Waals surface area (Å²) in [6.07, 6.45) is 14.1. The first-order chi connectivity index (χ1) is 11.5. The number of nitrogens with two attached hydrogens (primary N) is 1. The number of carbonyl (C=O) groups is 1. The highest BCUT2D eigenvalue weighted by Crippen LogP contribution is 2.35. The highest BCUT2D eigenvalue weighted by atomic mass is 16.3. The summed E-state index contributed by atoms with van der Waals surface area (Å²) in [7, 11) is 1.61. The summed E-state index contributed by atoms with van der Waals surface area (Å²) in [6, 6.07) is 0. The number of guanidine groups is 1. The zero-order valence-corrected chi connectivity index (χ0v) is 15.5. The second kappa shape index (κ2) is 8.84. The van der Waals surface area contributed by atoms with Gasteiger partial charge in [0.15, 0.2) is 11.5 Å². The Kier molecular flexibility index (Phi) is 7.08. The highest BCUT2D eigenvalue weighted by molar-refractivity contribution is 6.06. The number of aliphatic hydroxyl groups is 1. The number of likely N-dealkylation sites (N-methyl/N-ethyl adjacent to an activating group) is 1. The van der Waals surface area contributed by atoms with Gasteiger partial charge in [0.25, 0.3) is 5.91 Å². The van der Waals surface area contributed by atoms with Crippen molar-refractivity contribution in [3.8, 4) is 0 Å². The molecule has 2 aliphatic carbocycles. The molecule has 24 heavy (non-hydrogen) atoms. The largest absolute Gasteiger partial charge is 0.393 e. The number of rotatable bonds is 3. The maximum absolute atomic E-state index is 12.1. The van der Waals surface area contributed by atoms with E-state index in [1.165, 1.54) is 56.3 Å². The van der Waals surface area contributed by atoms with Crippen LogP contribution in [-0.2, 0) is 4.79 Å². The van der Waals surface area contributed by atoms with Crippen LogP contribution in [0.15, 0.2) is 4.99 Å². The number of nitrogens with zero attached hydrogens (tertiary/aromatic N) is 2. The fourth-order valence-electron chi connectivity index (χ4n) is 4.23. The zero-order chi connectivity index (χ0) is 17.6. The lowest BCUT2D eigenvalue weighted by atomic mass is 9.79. The van der Waals surface area contributed by atoms with E-state index in [4.69, 9.17) is 5.73 Å². The van der Waals surface area contributed by atoms with Crippen molar-refractivity contribution in [1.29, 1.82) is 0 Å². The van der Waals surface area contributed by atoms with E-state index in [-0.39, 0.29) is 18.5 Å². The Morgan fingerprint density at radius 2 is 1.67 bits per heavy atom. The summed E-state index contributed by atoms with van der Waals surface area (Å²) in [5.74, 6) is 1.58. The number of aliphatic imine (C=N–C) groups is 1. The molecule has 3 aliphatic rings. The van der Waals surface area contributed by atoms with Crippen molar-refractivity contribution in [3.05, 3.63) is 0 Å². The predicted molar refractivity (Wildman–Crippen MR) is 97.7 cm³/mol. The molecule has 2 saturated carbocycles. The van der Waals surface area contributed by atoms with Crippen molar-refractivity contribution in [2.75, 3.05) is 13.7 Å². The molecule has 1 atom stereocenters. The third kappa shape index (κ3) is 4.71. The molecule has 0 bridgehead atoms. The van der Waals surface area contributed by atoms with Gasteiger partial charge in [-0.1, -0.05) is 71.1 Å². The average molecular weight is 338 g/mol. The minimum absolute atomic E-state index is 0.164. The first-order valence-electron chi connectivity index (χ1n) is 9.73. The van der Waals surface area contributed by atoms with Crippen LogP contribution >= 0.6 is 0 Å². The first kappa shape index (κ1) is 19.2. The fraction of sp³-hybridized carbons (Fsp3) is 0.895. The smallest absolute Gasteiger partial charge is 0.259 e. The molecule has 1 aliphatic heterocycles. The standard InChI is InChI=1S/C12H21N3O2.C7H14/c1-15-10(17)12(8-16,14-11(15)13)7-9-5-3-2-4-6-9;1-7-5-3-2-4-6-7/h9,16H,2-8H2,1H3,(H2,13,14);7H,2-6H2,1H3. The van der Waals surface area contributed by atoms with Crippen LogP contribution in [0.5, 0.6) is 0 Å². The Hall–Kier alpha value is -1.10. The van der Waals surface area contributed by atoms with E-state index < -0.39 is 5.54 Å². The highest BCUT2D eigenvalue weighted by Gasteiger charge is 2.47. The molecular weight excluding hydrogens is 302 g/mol. The molecule has 0 spiro atoms. The summed E-state index contributed by atoms with van der Waals surface area (Å²) in [5.41, 5.74) is 4.67. The molecule has 3 rings (SSSR count). The van der Waals surface area contributed by atoms with Crippen molar-refractivity contribution in [2.24, 2.45) is 22.6 Å². The number of hydrogen-bond donors (Lipinski definition) is 2. The molecular formula is C19H35N3O2. The Labute approximate surface area is 146 Å². The molecule has 1 heterocycles. The van der Waals surface area contributed by atoms with Crippen LogP contribution in [0.25, 0.3) is 0 Å². The second-order valence-electron chi connectivity index (χ2n) is 7.98. The molecule has 0 aromatic rings. The molecule has 1 unspecified atom stereocenters. The molecule has 0 saturated heterocycles. The van der Waals surface area contributed by atoms with Gasteiger partial charge in [0.2, 0.25) is 0 Å². The van der Waals surface area contributed by atoms with Crippen LogP contribution < -0.4 is 5.73 Å². The third-order valence-electron chi connectivity index (χ3n) is 5.88. The monoisotopic (exact) mass is 337 g/mol. The van der Waals surface area contributed by atoms with Gasteiger partial charge >= 0.3 is 0 Å². The molecule has 0 aromatic heterocycles. The van der Waals surface area contributed by atoms with Crippen molar-refractivity contribution in [2.45, 2.75) is 83.1 Å². The average Bonchev–Trinajstić information content (AvgIpc) is 2.81. The van der Waals surface area contributed by atoms with E-state index in [1.807, 2.05) is 0 Å². The van der Waals surface area contributed by atoms with E-state index >= 15 is 0 Å². The van der Waals surface area contributed by atoms with E-state index in [9.17, 15) is 9.90 Å². The molecule has 2 fully saturated rings. The van der Waals surface area contributed by atoms with Crippen molar-refractivity contribution in [3.63, 3.8) is 0 Å². The van der Waals surface area contributed by atoms with Gasteiger partial charge in [0, 0.05) is 7.05 Å². The van der Waals surface area contributed by atoms with E-state index in [1.54, 1.807) is 7.05 Å². The summed E-state index contributed by atoms with van der Waals surface area (Å²) in [4.78, 5) is 17.7. The number of hydrogen-bond acceptors (Lipinski definition) is 4. The van der Waals surface area contributed by atoms with Crippen LogP contribution in [0.1, 0.15) is 77.6 Å². The van der Waals surface area contributed by atoms with Gasteiger partial charge in [-0.3, -0.25) is 9.69 Å². The van der Waals surface area contributed by atoms with Crippen molar-refractivity contribution >= 4 is 11.9 Å². The molecule has 0 radical (unpaired) electrons. The van der Waals surface area contributed by atoms with Gasteiger partial charge in [0.1, 0.15) is 0 Å². The van der Waals surface area contributed by atoms with E-state index in [0.717, 1.165) is 18.8 Å². The zero-order valence-electron chi connectivity index (χ0n) is 15.5. The molecule has 5 heteroatoms. The fourth-order valence-corrected chi connectivity index (χ4v) is 4.23. The number of amides is 1. The minimum Gasteiger partial charge on any atom is -0.393 e. The molecule has 3 N–H and O–H groups in total. The van der Waals surface area contributed by atoms with Gasteiger partial charge < -0.3 is 10.8 Å². The predicted octanol–water partition coefficient (Wildman–Crippen LogP) is 3.06. The van der Waals surface area contributed by atoms with Crippen LogP contribution in [0, 0.1) is 11.8 Å². The Morgan fingerprint density at radius 3 is 2.04 bits per heavy atom. The Morgan fingerprint density at radius 1 is 1.12 bits per heavy atom. The van der Waals surface area contributed by atoms with Gasteiger partial charge in [0.05, 0.1) is 6.61 Å². The molecule has 1 amide bonds. The first-order valence-corrected chi connectivity index (χ1v) is 9.73. The Bertz CT molecular complexity index is 440. The SMILES string of the molecule is CC1CCCCC1.CN1C(=O)C(CO)(CC2CCCCC2)N=C1N. The van der Waals surface area contributed by atoms with Crippen molar-refractivity contribution in [1.82, 2.24) is 4.90 Å². The van der Waals surface area contributed by atoms with Crippen LogP contribution in [0.2, 0.25) is 0 Å². The van der Waals surface area contributed by atoms with E-state index in [0.29, 0.717) is 12.3 Å². The Balaban J connectivity index is 0.000000249. The summed E-state index contributed by atoms with van der Waals surface area (Å²) < 4.78 is 0. The maximum Gasteiger partial charge on any atom is 0.259 e. The van der Waals surface area contributed by atoms with Gasteiger partial charge in [-0.25, -0.2) is 4.99 Å². The lowest BCUT2D eigenvalue weighted by Crippen LogP contribution is -2.45. The third-order valence-corrected chi connectivity index (χ3v) is 5.88. The molecule has 138 valence electrons. The van der Waals surface area contributed by atoms with Gasteiger partial charge in [-0.15, -0.1) is 0 Å². The normalized spacial score (nSPS) is 29.2. The lowest BCUT2D eigenvalue weighted by Gasteiger charge is -2.29. The maximum atomic E-state index is 12.1. The molecule has 0 aromatic carbocycles. The topological polar surface area (TPSA) is 78.9 Å². The van der Waals surface area contributed by atoms with Crippen LogP contribution in [0.3, 0.4) is 0 Å². The van der Waals surface area contributed by atoms with E-state index in [2.05, 4.69) is 11.9 Å². The quantitative estimate of drug-likeness (QED) is 0.830. The summed E-state index contributed by atoms with van der Waals surface area (Å²) in [6.45, 7) is 2.12. The van der Waals surface area contributed by atoms with Gasteiger partial charge in [-0.05, 0) is 18.3 Å². The summed E-state index contributed by atoms with van der Waals surface area (Å²) in [5, 5.41) is 9.54. The van der Waals surface area contributed by atoms with Crippen LogP contribution in [-0.4, -0.2) is 41.1 Å².